The highest BCUT2D eigenvalue weighted by molar-refractivity contribution is 7.99. The van der Waals surface area contributed by atoms with E-state index in [1.54, 1.807) is 19.4 Å². The SMILES string of the molecule is COc1ccc2nccc(C(F)CC[C@@H]3CCN(CCSc4ccccc4C)C[C@@H]3C(=O)O)c2c1. The van der Waals surface area contributed by atoms with Crippen LogP contribution >= 0.6 is 11.8 Å². The number of likely N-dealkylation sites (tertiary alicyclic amines) is 1. The fourth-order valence-electron chi connectivity index (χ4n) is 4.96. The van der Waals surface area contributed by atoms with Crippen molar-refractivity contribution in [1.82, 2.24) is 9.88 Å². The molecule has 35 heavy (non-hydrogen) atoms. The number of alkyl halides is 1. The number of aromatic nitrogens is 1. The van der Waals surface area contributed by atoms with Gasteiger partial charge in [0, 0.05) is 35.3 Å². The number of carboxylic acids is 1. The minimum Gasteiger partial charge on any atom is -0.497 e. The molecule has 3 aromatic rings. The number of rotatable bonds is 10. The zero-order valence-corrected chi connectivity index (χ0v) is 21.1. The molecule has 1 fully saturated rings. The number of piperidine rings is 1. The van der Waals surface area contributed by atoms with Crippen molar-refractivity contribution in [2.45, 2.75) is 37.3 Å². The molecule has 1 aliphatic rings. The summed E-state index contributed by atoms with van der Waals surface area (Å²) in [5.41, 5.74) is 2.58. The minimum absolute atomic E-state index is 0.0198. The van der Waals surface area contributed by atoms with E-state index in [2.05, 4.69) is 28.9 Å². The molecule has 0 spiro atoms. The van der Waals surface area contributed by atoms with Crippen LogP contribution in [0.1, 0.15) is 36.6 Å². The lowest BCUT2D eigenvalue weighted by atomic mass is 9.81. The number of aryl methyl sites for hydroxylation is 1. The van der Waals surface area contributed by atoms with Crippen LogP contribution in [0, 0.1) is 18.8 Å². The van der Waals surface area contributed by atoms with Gasteiger partial charge >= 0.3 is 5.97 Å². The van der Waals surface area contributed by atoms with Gasteiger partial charge in [-0.15, -0.1) is 11.8 Å². The van der Waals surface area contributed by atoms with Crippen LogP contribution in [0.5, 0.6) is 5.75 Å². The summed E-state index contributed by atoms with van der Waals surface area (Å²) in [6.07, 6.45) is 2.09. The number of benzene rings is 2. The summed E-state index contributed by atoms with van der Waals surface area (Å²) in [6.45, 7) is 4.35. The van der Waals surface area contributed by atoms with Crippen molar-refractivity contribution in [1.29, 1.82) is 0 Å². The van der Waals surface area contributed by atoms with Crippen LogP contribution in [0.25, 0.3) is 10.9 Å². The summed E-state index contributed by atoms with van der Waals surface area (Å²) in [4.78, 5) is 19.9. The highest BCUT2D eigenvalue weighted by atomic mass is 32.2. The van der Waals surface area contributed by atoms with Gasteiger partial charge in [0.1, 0.15) is 11.9 Å². The van der Waals surface area contributed by atoms with Crippen molar-refractivity contribution in [3.8, 4) is 5.75 Å². The Morgan fingerprint density at radius 3 is 2.89 bits per heavy atom. The zero-order chi connectivity index (χ0) is 24.8. The Morgan fingerprint density at radius 2 is 2.11 bits per heavy atom. The predicted molar refractivity (Wildman–Crippen MR) is 139 cm³/mol. The average molecular weight is 497 g/mol. The smallest absolute Gasteiger partial charge is 0.308 e. The fraction of sp³-hybridized carbons (Fsp3) is 0.429. The number of fused-ring (bicyclic) bond motifs is 1. The summed E-state index contributed by atoms with van der Waals surface area (Å²) in [6, 6.07) is 15.5. The number of nitrogens with zero attached hydrogens (tertiary/aromatic N) is 2. The molecule has 1 N–H and O–H groups in total. The van der Waals surface area contributed by atoms with E-state index in [1.165, 1.54) is 10.5 Å². The second-order valence-electron chi connectivity index (χ2n) is 9.24. The van der Waals surface area contributed by atoms with Crippen LogP contribution in [0.3, 0.4) is 0 Å². The summed E-state index contributed by atoms with van der Waals surface area (Å²) in [5, 5.41) is 10.6. The fourth-order valence-corrected chi connectivity index (χ4v) is 6.00. The molecule has 5 nitrogen and oxygen atoms in total. The molecule has 3 atom stereocenters. The van der Waals surface area contributed by atoms with E-state index in [9.17, 15) is 9.90 Å². The van der Waals surface area contributed by atoms with Crippen LogP contribution in [0.2, 0.25) is 0 Å². The maximum Gasteiger partial charge on any atom is 0.308 e. The van der Waals surface area contributed by atoms with Crippen LogP contribution in [0.15, 0.2) is 59.6 Å². The third-order valence-corrected chi connectivity index (χ3v) is 8.18. The number of methoxy groups -OCH3 is 1. The van der Waals surface area contributed by atoms with Gasteiger partial charge in [0.05, 0.1) is 18.5 Å². The van der Waals surface area contributed by atoms with E-state index in [-0.39, 0.29) is 5.92 Å². The van der Waals surface area contributed by atoms with Gasteiger partial charge in [0.25, 0.3) is 0 Å². The lowest BCUT2D eigenvalue weighted by Gasteiger charge is -2.36. The van der Waals surface area contributed by atoms with Gasteiger partial charge in [0.2, 0.25) is 0 Å². The second-order valence-corrected chi connectivity index (χ2v) is 10.4. The maximum absolute atomic E-state index is 15.4. The Hall–Kier alpha value is -2.64. The Labute approximate surface area is 210 Å². The number of ether oxygens (including phenoxy) is 1. The molecule has 186 valence electrons. The third-order valence-electron chi connectivity index (χ3n) is 7.03. The first-order chi connectivity index (χ1) is 17.0. The maximum atomic E-state index is 15.4. The van der Waals surface area contributed by atoms with Crippen molar-refractivity contribution in [2.75, 3.05) is 32.5 Å². The normalized spacial score (nSPS) is 19.5. The molecule has 1 aliphatic heterocycles. The highest BCUT2D eigenvalue weighted by Crippen LogP contribution is 2.35. The molecule has 0 amide bonds. The van der Waals surface area contributed by atoms with E-state index in [4.69, 9.17) is 4.74 Å². The van der Waals surface area contributed by atoms with E-state index < -0.39 is 18.1 Å². The summed E-state index contributed by atoms with van der Waals surface area (Å²) >= 11 is 1.81. The van der Waals surface area contributed by atoms with Gasteiger partial charge in [-0.05, 0) is 80.1 Å². The van der Waals surface area contributed by atoms with E-state index >= 15 is 4.39 Å². The first kappa shape index (κ1) is 25.5. The molecule has 0 saturated carbocycles. The van der Waals surface area contributed by atoms with Gasteiger partial charge < -0.3 is 14.7 Å². The molecule has 7 heteroatoms. The van der Waals surface area contributed by atoms with Crippen LogP contribution in [-0.2, 0) is 4.79 Å². The van der Waals surface area contributed by atoms with Gasteiger partial charge in [-0.1, -0.05) is 18.2 Å². The van der Waals surface area contributed by atoms with Crippen molar-refractivity contribution >= 4 is 28.6 Å². The van der Waals surface area contributed by atoms with Crippen LogP contribution in [-0.4, -0.2) is 53.5 Å². The standard InChI is InChI=1S/C28H33FN2O3S/c1-19-5-3-4-6-27(19)35-16-15-31-14-12-20(24(18-31)28(32)33)7-9-25(29)22-11-13-30-26-10-8-21(34-2)17-23(22)26/h3-6,8,10-11,13,17,20,24-25H,7,9,12,14-16,18H2,1-2H3,(H,32,33)/t20-,24+,25?/m1/s1. The number of halogens is 1. The molecule has 0 radical (unpaired) electrons. The quantitative estimate of drug-likeness (QED) is 0.339. The number of carboxylic acid groups (broad SMARTS) is 1. The van der Waals surface area contributed by atoms with E-state index in [0.717, 1.165) is 36.2 Å². The number of thioether (sulfide) groups is 1. The Morgan fingerprint density at radius 1 is 1.29 bits per heavy atom. The van der Waals surface area contributed by atoms with Crippen LogP contribution in [0.4, 0.5) is 4.39 Å². The Bertz CT molecular complexity index is 1160. The molecular weight excluding hydrogens is 463 g/mol. The average Bonchev–Trinajstić information content (AvgIpc) is 2.88. The lowest BCUT2D eigenvalue weighted by molar-refractivity contribution is -0.146. The van der Waals surface area contributed by atoms with Gasteiger partial charge in [-0.25, -0.2) is 4.39 Å². The topological polar surface area (TPSA) is 62.7 Å². The molecule has 1 aromatic heterocycles. The molecule has 0 bridgehead atoms. The summed E-state index contributed by atoms with van der Waals surface area (Å²) < 4.78 is 20.7. The molecule has 2 aromatic carbocycles. The lowest BCUT2D eigenvalue weighted by Crippen LogP contribution is -2.44. The number of aliphatic carboxylic acids is 1. The monoisotopic (exact) mass is 496 g/mol. The molecule has 4 rings (SSSR count). The largest absolute Gasteiger partial charge is 0.497 e. The number of hydrogen-bond donors (Lipinski definition) is 1. The molecule has 0 aliphatic carbocycles. The van der Waals surface area contributed by atoms with Gasteiger partial charge in [0.15, 0.2) is 0 Å². The molecule has 1 unspecified atom stereocenters. The third kappa shape index (κ3) is 6.33. The van der Waals surface area contributed by atoms with Crippen molar-refractivity contribution in [3.05, 3.63) is 65.9 Å². The second kappa shape index (κ2) is 11.9. The summed E-state index contributed by atoms with van der Waals surface area (Å²) in [7, 11) is 1.59. The predicted octanol–water partition coefficient (Wildman–Crippen LogP) is 6.16. The van der Waals surface area contributed by atoms with E-state index in [0.29, 0.717) is 30.7 Å². The summed E-state index contributed by atoms with van der Waals surface area (Å²) in [5.74, 6) is 0.327. The van der Waals surface area contributed by atoms with Crippen molar-refractivity contribution in [3.63, 3.8) is 0 Å². The Balaban J connectivity index is 1.34. The highest BCUT2D eigenvalue weighted by Gasteiger charge is 2.34. The minimum atomic E-state index is -1.18. The van der Waals surface area contributed by atoms with Gasteiger partial charge in [-0.3, -0.25) is 9.78 Å². The van der Waals surface area contributed by atoms with Crippen LogP contribution < -0.4 is 4.74 Å². The number of hydrogen-bond acceptors (Lipinski definition) is 5. The molecule has 2 heterocycles. The van der Waals surface area contributed by atoms with Crippen molar-refractivity contribution < 1.29 is 19.0 Å². The Kier molecular flexibility index (Phi) is 8.63. The first-order valence-electron chi connectivity index (χ1n) is 12.2. The molecule has 1 saturated heterocycles. The first-order valence-corrected chi connectivity index (χ1v) is 13.1. The molecular formula is C28H33FN2O3S. The zero-order valence-electron chi connectivity index (χ0n) is 20.3. The van der Waals surface area contributed by atoms with Crippen molar-refractivity contribution in [2.24, 2.45) is 11.8 Å². The number of pyridine rings is 1. The van der Waals surface area contributed by atoms with Gasteiger partial charge in [-0.2, -0.15) is 0 Å². The number of carbonyl (C=O) groups is 1. The van der Waals surface area contributed by atoms with E-state index in [1.807, 2.05) is 42.1 Å².